The number of fused-ring (bicyclic) bond motifs is 1. The Morgan fingerprint density at radius 1 is 1.08 bits per heavy atom. The molecule has 3 atom stereocenters. The van der Waals surface area contributed by atoms with Crippen LogP contribution in [0, 0.1) is 11.8 Å². The van der Waals surface area contributed by atoms with Gasteiger partial charge in [0, 0.05) is 32.7 Å². The van der Waals surface area contributed by atoms with Gasteiger partial charge in [0.05, 0.1) is 24.5 Å². The second-order valence-corrected chi connectivity index (χ2v) is 11.4. The Bertz CT molecular complexity index is 917. The second kappa shape index (κ2) is 13.5. The van der Waals surface area contributed by atoms with E-state index in [1.54, 1.807) is 5.01 Å². The minimum absolute atomic E-state index is 0.0769. The first kappa shape index (κ1) is 27.7. The average Bonchev–Trinajstić information content (AvgIpc) is 3.11. The minimum Gasteiger partial charge on any atom is -0.346 e. The molecule has 37 heavy (non-hydrogen) atoms. The predicted molar refractivity (Wildman–Crippen MR) is 145 cm³/mol. The summed E-state index contributed by atoms with van der Waals surface area (Å²) in [5, 5.41) is 10.3. The minimum atomic E-state index is -0.502. The zero-order chi connectivity index (χ0) is 26.2. The molecule has 1 aliphatic carbocycles. The number of hydrogen-bond donors (Lipinski definition) is 2. The molecule has 3 aliphatic rings. The Hall–Kier alpha value is -2.29. The maximum Gasteiger partial charge on any atom is 0.225 e. The third-order valence-electron chi connectivity index (χ3n) is 8.16. The SMILES string of the molecule is CC(C)C[C@H](NC(=O)[C@@H]1CCCC[C@@H]1N(C=O)N1CCNCC1)C(=O)CN1CCCc2ccccc2C1. The van der Waals surface area contributed by atoms with E-state index in [-0.39, 0.29) is 29.6 Å². The van der Waals surface area contributed by atoms with Crippen LogP contribution in [0.4, 0.5) is 0 Å². The first-order chi connectivity index (χ1) is 18.0. The summed E-state index contributed by atoms with van der Waals surface area (Å²) in [5.74, 6) is 0.00461. The van der Waals surface area contributed by atoms with Crippen LogP contribution in [0.15, 0.2) is 24.3 Å². The van der Waals surface area contributed by atoms with E-state index in [2.05, 4.69) is 58.7 Å². The van der Waals surface area contributed by atoms with Crippen molar-refractivity contribution >= 4 is 18.1 Å². The lowest BCUT2D eigenvalue weighted by Gasteiger charge is -2.44. The molecule has 1 saturated carbocycles. The van der Waals surface area contributed by atoms with Crippen LogP contribution in [0.2, 0.25) is 0 Å². The van der Waals surface area contributed by atoms with Crippen LogP contribution in [-0.2, 0) is 27.3 Å². The Balaban J connectivity index is 1.43. The van der Waals surface area contributed by atoms with Gasteiger partial charge in [0.15, 0.2) is 5.78 Å². The van der Waals surface area contributed by atoms with Crippen LogP contribution in [0.3, 0.4) is 0 Å². The van der Waals surface area contributed by atoms with Crippen molar-refractivity contribution in [2.75, 3.05) is 39.3 Å². The number of nitrogens with zero attached hydrogens (tertiary/aromatic N) is 3. The Labute approximate surface area is 222 Å². The Kier molecular flexibility index (Phi) is 10.1. The summed E-state index contributed by atoms with van der Waals surface area (Å²) in [6.07, 6.45) is 7.14. The number of hydrazine groups is 1. The number of aryl methyl sites for hydroxylation is 1. The normalized spacial score (nSPS) is 24.1. The Morgan fingerprint density at radius 3 is 2.54 bits per heavy atom. The van der Waals surface area contributed by atoms with E-state index in [1.807, 2.05) is 0 Å². The number of carbonyl (C=O) groups is 3. The number of amides is 2. The van der Waals surface area contributed by atoms with Crippen LogP contribution >= 0.6 is 0 Å². The topological polar surface area (TPSA) is 85.0 Å². The van der Waals surface area contributed by atoms with E-state index < -0.39 is 6.04 Å². The van der Waals surface area contributed by atoms with Gasteiger partial charge >= 0.3 is 0 Å². The average molecular weight is 512 g/mol. The summed E-state index contributed by atoms with van der Waals surface area (Å²) in [5.41, 5.74) is 2.67. The molecule has 8 heteroatoms. The predicted octanol–water partition coefficient (Wildman–Crippen LogP) is 2.37. The van der Waals surface area contributed by atoms with Gasteiger partial charge in [0.1, 0.15) is 0 Å². The van der Waals surface area contributed by atoms with Gasteiger partial charge in [-0.25, -0.2) is 5.01 Å². The van der Waals surface area contributed by atoms with Gasteiger partial charge in [-0.1, -0.05) is 51.0 Å². The van der Waals surface area contributed by atoms with Crippen molar-refractivity contribution < 1.29 is 14.4 Å². The molecule has 1 aromatic rings. The van der Waals surface area contributed by atoms with Crippen molar-refractivity contribution in [3.63, 3.8) is 0 Å². The maximum atomic E-state index is 13.7. The summed E-state index contributed by atoms with van der Waals surface area (Å²) >= 11 is 0. The highest BCUT2D eigenvalue weighted by atomic mass is 16.2. The van der Waals surface area contributed by atoms with E-state index in [0.29, 0.717) is 13.0 Å². The molecule has 204 valence electrons. The lowest BCUT2D eigenvalue weighted by Crippen LogP contribution is -2.59. The molecule has 4 rings (SSSR count). The van der Waals surface area contributed by atoms with Crippen molar-refractivity contribution in [1.29, 1.82) is 0 Å². The lowest BCUT2D eigenvalue weighted by atomic mass is 9.83. The quantitative estimate of drug-likeness (QED) is 0.469. The highest BCUT2D eigenvalue weighted by Crippen LogP contribution is 2.30. The van der Waals surface area contributed by atoms with Gasteiger partial charge in [0.2, 0.25) is 12.3 Å². The third-order valence-corrected chi connectivity index (χ3v) is 8.16. The van der Waals surface area contributed by atoms with Crippen LogP contribution in [0.5, 0.6) is 0 Å². The van der Waals surface area contributed by atoms with E-state index in [1.165, 1.54) is 11.1 Å². The molecule has 8 nitrogen and oxygen atoms in total. The molecule has 2 N–H and O–H groups in total. The molecule has 0 spiro atoms. The van der Waals surface area contributed by atoms with Crippen molar-refractivity contribution in [3.8, 4) is 0 Å². The number of Topliss-reactive ketones (excluding diaryl/α,β-unsaturated/α-hetero) is 1. The smallest absolute Gasteiger partial charge is 0.225 e. The summed E-state index contributed by atoms with van der Waals surface area (Å²) < 4.78 is 0. The standard InChI is InChI=1S/C29H45N5O3/c1-22(2)18-26(28(36)20-32-15-7-10-23-8-3-4-9-24(23)19-32)31-29(37)25-11-5-6-12-27(25)34(21-35)33-16-13-30-14-17-33/h3-4,8-9,21-22,25-27,30H,5-7,10-20H2,1-2H3,(H,31,37)/t25-,26+,27+/m1/s1. The van der Waals surface area contributed by atoms with Gasteiger partial charge in [-0.05, 0) is 55.7 Å². The Morgan fingerprint density at radius 2 is 1.81 bits per heavy atom. The number of piperazine rings is 1. The molecule has 2 fully saturated rings. The van der Waals surface area contributed by atoms with E-state index in [0.717, 1.165) is 84.2 Å². The fourth-order valence-electron chi connectivity index (χ4n) is 6.23. The molecule has 0 unspecified atom stereocenters. The number of nitrogens with one attached hydrogen (secondary N) is 2. The van der Waals surface area contributed by atoms with E-state index >= 15 is 0 Å². The monoisotopic (exact) mass is 511 g/mol. The lowest BCUT2D eigenvalue weighted by molar-refractivity contribution is -0.152. The van der Waals surface area contributed by atoms with Crippen LogP contribution < -0.4 is 10.6 Å². The molecule has 0 aromatic heterocycles. The molecule has 2 amide bonds. The number of carbonyl (C=O) groups excluding carboxylic acids is 3. The zero-order valence-electron chi connectivity index (χ0n) is 22.7. The molecule has 2 heterocycles. The van der Waals surface area contributed by atoms with E-state index in [9.17, 15) is 14.4 Å². The van der Waals surface area contributed by atoms with Gasteiger partial charge in [0.25, 0.3) is 0 Å². The number of hydrogen-bond acceptors (Lipinski definition) is 6. The van der Waals surface area contributed by atoms with Crippen molar-refractivity contribution in [1.82, 2.24) is 25.6 Å². The molecular formula is C29H45N5O3. The van der Waals surface area contributed by atoms with Gasteiger partial charge in [-0.2, -0.15) is 0 Å². The van der Waals surface area contributed by atoms with Crippen molar-refractivity contribution in [2.45, 2.75) is 77.4 Å². The number of benzene rings is 1. The molecule has 0 bridgehead atoms. The zero-order valence-corrected chi connectivity index (χ0v) is 22.7. The van der Waals surface area contributed by atoms with Crippen LogP contribution in [-0.4, -0.2) is 84.4 Å². The summed E-state index contributed by atoms with van der Waals surface area (Å²) in [7, 11) is 0. The molecular weight excluding hydrogens is 466 g/mol. The molecule has 1 saturated heterocycles. The van der Waals surface area contributed by atoms with Crippen LogP contribution in [0.25, 0.3) is 0 Å². The van der Waals surface area contributed by atoms with Crippen LogP contribution in [0.1, 0.15) is 63.5 Å². The fraction of sp³-hybridized carbons (Fsp3) is 0.690. The maximum absolute atomic E-state index is 13.7. The molecule has 0 radical (unpaired) electrons. The van der Waals surface area contributed by atoms with Crippen molar-refractivity contribution in [3.05, 3.63) is 35.4 Å². The molecule has 1 aromatic carbocycles. The number of rotatable bonds is 10. The third kappa shape index (κ3) is 7.39. The number of ketones is 1. The fourth-order valence-corrected chi connectivity index (χ4v) is 6.23. The van der Waals surface area contributed by atoms with Gasteiger partial charge in [-0.15, -0.1) is 0 Å². The summed E-state index contributed by atoms with van der Waals surface area (Å²) in [6.45, 7) is 9.38. The van der Waals surface area contributed by atoms with Gasteiger partial charge < -0.3 is 10.6 Å². The highest BCUT2D eigenvalue weighted by molar-refractivity contribution is 5.91. The first-order valence-corrected chi connectivity index (χ1v) is 14.3. The summed E-state index contributed by atoms with van der Waals surface area (Å²) in [4.78, 5) is 41.6. The largest absolute Gasteiger partial charge is 0.346 e. The summed E-state index contributed by atoms with van der Waals surface area (Å²) in [6, 6.07) is 7.84. The van der Waals surface area contributed by atoms with Gasteiger partial charge in [-0.3, -0.25) is 24.3 Å². The van der Waals surface area contributed by atoms with E-state index in [4.69, 9.17) is 0 Å². The highest BCUT2D eigenvalue weighted by Gasteiger charge is 2.38. The molecule has 2 aliphatic heterocycles. The first-order valence-electron chi connectivity index (χ1n) is 14.3. The second-order valence-electron chi connectivity index (χ2n) is 11.4. The van der Waals surface area contributed by atoms with Crippen molar-refractivity contribution in [2.24, 2.45) is 11.8 Å².